The summed E-state index contributed by atoms with van der Waals surface area (Å²) in [6.45, 7) is -1.09. The lowest BCUT2D eigenvalue weighted by Gasteiger charge is -2.36. The molecule has 12 heteroatoms. The van der Waals surface area contributed by atoms with Crippen LogP contribution < -0.4 is 9.44 Å². The molecule has 1 aromatic heterocycles. The summed E-state index contributed by atoms with van der Waals surface area (Å²) in [5.74, 6) is -2.27. The van der Waals surface area contributed by atoms with Crippen LogP contribution in [-0.4, -0.2) is 44.1 Å². The average molecular weight is 503 g/mol. The smallest absolute Gasteiger partial charge is 0.277 e. The first-order valence-electron chi connectivity index (χ1n) is 10.5. The normalized spacial score (nSPS) is 19.5. The van der Waals surface area contributed by atoms with E-state index in [-0.39, 0.29) is 23.9 Å². The zero-order valence-corrected chi connectivity index (χ0v) is 18.5. The molecule has 4 rings (SSSR count). The highest BCUT2D eigenvalue weighted by Gasteiger charge is 2.35. The van der Waals surface area contributed by atoms with Gasteiger partial charge in [0.05, 0.1) is 17.8 Å². The topological polar surface area (TPSA) is 94.2 Å². The molecule has 184 valence electrons. The number of halogens is 5. The van der Waals surface area contributed by atoms with Crippen molar-refractivity contribution in [3.05, 3.63) is 59.4 Å². The summed E-state index contributed by atoms with van der Waals surface area (Å²) in [6.07, 6.45) is -2.12. The van der Waals surface area contributed by atoms with Crippen molar-refractivity contribution in [1.82, 2.24) is 14.4 Å². The van der Waals surface area contributed by atoms with Gasteiger partial charge in [0.25, 0.3) is 16.6 Å². The minimum atomic E-state index is -4.26. The fraction of sp³-hybridized carbons (Fsp3) is 0.364. The molecule has 0 radical (unpaired) electrons. The number of H-pyrrole nitrogens is 1. The second kappa shape index (κ2) is 9.61. The van der Waals surface area contributed by atoms with E-state index in [1.807, 2.05) is 0 Å². The maximum atomic E-state index is 14.4. The first-order valence-corrected chi connectivity index (χ1v) is 12.0. The van der Waals surface area contributed by atoms with Gasteiger partial charge in [0.15, 0.2) is 0 Å². The predicted octanol–water partition coefficient (Wildman–Crippen LogP) is 3.80. The van der Waals surface area contributed by atoms with Crippen molar-refractivity contribution in [3.8, 4) is 11.3 Å². The quantitative estimate of drug-likeness (QED) is 0.335. The van der Waals surface area contributed by atoms with Crippen molar-refractivity contribution in [2.45, 2.75) is 31.2 Å². The molecule has 1 saturated carbocycles. The molecule has 1 atom stereocenters. The fourth-order valence-electron chi connectivity index (χ4n) is 4.28. The summed E-state index contributed by atoms with van der Waals surface area (Å²) in [5, 5.41) is 9.24. The number of hydrogen-bond acceptors (Lipinski definition) is 3. The molecule has 1 heterocycles. The van der Waals surface area contributed by atoms with Gasteiger partial charge in [-0.05, 0) is 66.1 Å². The molecule has 0 aliphatic heterocycles. The minimum absolute atomic E-state index is 0.0375. The van der Waals surface area contributed by atoms with E-state index in [1.165, 1.54) is 30.3 Å². The zero-order chi connectivity index (χ0) is 24.6. The third-order valence-electron chi connectivity index (χ3n) is 6.01. The molecule has 0 amide bonds. The van der Waals surface area contributed by atoms with E-state index in [4.69, 9.17) is 5.11 Å². The highest BCUT2D eigenvalue weighted by Crippen LogP contribution is 2.48. The van der Waals surface area contributed by atoms with Crippen molar-refractivity contribution < 1.29 is 35.5 Å². The number of alkyl halides is 2. The van der Waals surface area contributed by atoms with Crippen LogP contribution in [0.2, 0.25) is 0 Å². The summed E-state index contributed by atoms with van der Waals surface area (Å²) < 4.78 is 95.1. The van der Waals surface area contributed by atoms with Gasteiger partial charge in [-0.15, -0.1) is 0 Å². The molecule has 3 aromatic rings. The number of hydrogen-bond donors (Lipinski definition) is 4. The number of aliphatic hydroxyl groups excluding tert-OH is 1. The molecule has 2 aromatic carbocycles. The lowest BCUT2D eigenvalue weighted by Crippen LogP contribution is -2.49. The number of benzene rings is 2. The van der Waals surface area contributed by atoms with Gasteiger partial charge in [-0.1, -0.05) is 0 Å². The van der Waals surface area contributed by atoms with Gasteiger partial charge in [0.2, 0.25) is 0 Å². The third-order valence-corrected chi connectivity index (χ3v) is 7.17. The van der Waals surface area contributed by atoms with Gasteiger partial charge in [-0.2, -0.15) is 13.1 Å². The molecule has 1 fully saturated rings. The van der Waals surface area contributed by atoms with E-state index in [0.717, 1.165) is 6.07 Å². The second-order valence-corrected chi connectivity index (χ2v) is 9.89. The van der Waals surface area contributed by atoms with Crippen LogP contribution in [0.1, 0.15) is 24.3 Å². The van der Waals surface area contributed by atoms with Gasteiger partial charge in [0.1, 0.15) is 23.5 Å². The highest BCUT2D eigenvalue weighted by atomic mass is 32.2. The Labute approximate surface area is 192 Å². The molecule has 4 N–H and O–H groups in total. The third kappa shape index (κ3) is 5.09. The Kier molecular flexibility index (Phi) is 6.94. The van der Waals surface area contributed by atoms with Crippen molar-refractivity contribution in [2.75, 3.05) is 13.2 Å². The molecular formula is C22H22F5N3O3S. The maximum absolute atomic E-state index is 14.4. The van der Waals surface area contributed by atoms with Crippen molar-refractivity contribution >= 4 is 21.1 Å². The van der Waals surface area contributed by atoms with Crippen molar-refractivity contribution in [2.24, 2.45) is 5.92 Å². The van der Waals surface area contributed by atoms with E-state index in [9.17, 15) is 30.4 Å². The standard InChI is InChI=1S/C22H22F5N3O3S/c23-14-3-1-12(2-4-14)20-19(16-7-15(24)8-17(25)21(16)29-20)13-5-11(6-13)9-28-34(32,33)30-18(10-31)22(26)27/h1-4,7-8,11,13,18,22,28-31H,5-6,9-10H2/t11?,13?,18-/m0/s1. The van der Waals surface area contributed by atoms with Gasteiger partial charge in [-0.25, -0.2) is 26.7 Å². The van der Waals surface area contributed by atoms with Crippen LogP contribution in [0.25, 0.3) is 22.2 Å². The summed E-state index contributed by atoms with van der Waals surface area (Å²) in [4.78, 5) is 2.97. The van der Waals surface area contributed by atoms with E-state index >= 15 is 0 Å². The lowest BCUT2D eigenvalue weighted by atomic mass is 9.70. The van der Waals surface area contributed by atoms with Gasteiger partial charge < -0.3 is 10.1 Å². The van der Waals surface area contributed by atoms with Gasteiger partial charge in [-0.3, -0.25) is 0 Å². The summed E-state index contributed by atoms with van der Waals surface area (Å²) in [6, 6.07) is 5.62. The number of rotatable bonds is 9. The predicted molar refractivity (Wildman–Crippen MR) is 116 cm³/mol. The Morgan fingerprint density at radius 1 is 1.06 bits per heavy atom. The second-order valence-electron chi connectivity index (χ2n) is 8.36. The Balaban J connectivity index is 1.53. The molecule has 0 bridgehead atoms. The molecule has 0 unspecified atom stereocenters. The Morgan fingerprint density at radius 2 is 1.74 bits per heavy atom. The van der Waals surface area contributed by atoms with E-state index in [2.05, 4.69) is 9.71 Å². The molecule has 0 saturated heterocycles. The average Bonchev–Trinajstić information content (AvgIpc) is 3.10. The van der Waals surface area contributed by atoms with Crippen LogP contribution in [-0.2, 0) is 10.2 Å². The lowest BCUT2D eigenvalue weighted by molar-refractivity contribution is 0.0758. The van der Waals surface area contributed by atoms with Crippen LogP contribution in [0, 0.1) is 23.4 Å². The Bertz CT molecular complexity index is 1280. The molecule has 0 spiro atoms. The van der Waals surface area contributed by atoms with Crippen LogP contribution in [0.4, 0.5) is 22.0 Å². The van der Waals surface area contributed by atoms with Crippen LogP contribution in [0.15, 0.2) is 36.4 Å². The van der Waals surface area contributed by atoms with E-state index in [0.29, 0.717) is 35.0 Å². The molecule has 6 nitrogen and oxygen atoms in total. The van der Waals surface area contributed by atoms with Crippen molar-refractivity contribution in [1.29, 1.82) is 0 Å². The molecule has 34 heavy (non-hydrogen) atoms. The number of fused-ring (bicyclic) bond motifs is 1. The zero-order valence-electron chi connectivity index (χ0n) is 17.7. The number of aliphatic hydroxyl groups is 1. The summed E-state index contributed by atoms with van der Waals surface area (Å²) in [5.41, 5.74) is 1.87. The summed E-state index contributed by atoms with van der Waals surface area (Å²) >= 11 is 0. The minimum Gasteiger partial charge on any atom is -0.394 e. The monoisotopic (exact) mass is 503 g/mol. The largest absolute Gasteiger partial charge is 0.394 e. The molecular weight excluding hydrogens is 481 g/mol. The highest BCUT2D eigenvalue weighted by molar-refractivity contribution is 7.87. The number of nitrogens with one attached hydrogen (secondary N) is 3. The fourth-order valence-corrected chi connectivity index (χ4v) is 5.40. The van der Waals surface area contributed by atoms with Gasteiger partial charge in [0, 0.05) is 18.0 Å². The first kappa shape index (κ1) is 24.6. The van der Waals surface area contributed by atoms with Crippen LogP contribution >= 0.6 is 0 Å². The molecule has 1 aliphatic rings. The number of aromatic nitrogens is 1. The SMILES string of the molecule is O=S(=O)(NCC1CC(c2c(-c3ccc(F)cc3)[nH]c3c(F)cc(F)cc23)C1)N[C@@H](CO)C(F)F. The van der Waals surface area contributed by atoms with Crippen LogP contribution in [0.5, 0.6) is 0 Å². The Hall–Kier alpha value is -2.54. The first-order chi connectivity index (χ1) is 16.1. The van der Waals surface area contributed by atoms with Crippen LogP contribution in [0.3, 0.4) is 0 Å². The van der Waals surface area contributed by atoms with Gasteiger partial charge >= 0.3 is 0 Å². The van der Waals surface area contributed by atoms with Crippen molar-refractivity contribution in [3.63, 3.8) is 0 Å². The Morgan fingerprint density at radius 3 is 2.35 bits per heavy atom. The number of aromatic amines is 1. The summed E-state index contributed by atoms with van der Waals surface area (Å²) in [7, 11) is -4.26. The van der Waals surface area contributed by atoms with E-state index < -0.39 is 46.7 Å². The van der Waals surface area contributed by atoms with E-state index in [1.54, 1.807) is 4.72 Å². The maximum Gasteiger partial charge on any atom is 0.277 e. The molecule has 1 aliphatic carbocycles.